The van der Waals surface area contributed by atoms with Gasteiger partial charge in [0.2, 0.25) is 0 Å². The highest BCUT2D eigenvalue weighted by atomic mass is 16.6. The first-order chi connectivity index (χ1) is 8.88. The van der Waals surface area contributed by atoms with Crippen molar-refractivity contribution >= 4 is 17.4 Å². The van der Waals surface area contributed by atoms with Crippen molar-refractivity contribution in [3.05, 3.63) is 27.9 Å². The number of nitrogens with one attached hydrogen (secondary N) is 1. The molecule has 1 N–H and O–H groups in total. The van der Waals surface area contributed by atoms with Crippen molar-refractivity contribution in [2.24, 2.45) is 0 Å². The van der Waals surface area contributed by atoms with Gasteiger partial charge in [-0.25, -0.2) is 4.98 Å². The third kappa shape index (κ3) is 3.40. The molecule has 19 heavy (non-hydrogen) atoms. The number of pyridine rings is 1. The van der Waals surface area contributed by atoms with E-state index in [1.165, 1.54) is 11.0 Å². The van der Waals surface area contributed by atoms with E-state index >= 15 is 0 Å². The minimum absolute atomic E-state index is 0.00115. The largest absolute Gasteiger partial charge is 0.370 e. The van der Waals surface area contributed by atoms with Crippen LogP contribution in [0.3, 0.4) is 0 Å². The number of aromatic nitrogens is 1. The molecule has 0 saturated heterocycles. The zero-order chi connectivity index (χ0) is 14.6. The summed E-state index contributed by atoms with van der Waals surface area (Å²) >= 11 is 0. The number of anilines is 1. The maximum absolute atomic E-state index is 12.3. The van der Waals surface area contributed by atoms with Crippen molar-refractivity contribution in [1.29, 1.82) is 0 Å². The second-order valence-corrected chi connectivity index (χ2v) is 4.39. The molecule has 0 aromatic carbocycles. The van der Waals surface area contributed by atoms with Crippen LogP contribution in [0.25, 0.3) is 0 Å². The van der Waals surface area contributed by atoms with Crippen LogP contribution in [-0.4, -0.2) is 40.3 Å². The number of amides is 1. The van der Waals surface area contributed by atoms with Crippen molar-refractivity contribution in [2.45, 2.75) is 26.8 Å². The quantitative estimate of drug-likeness (QED) is 0.649. The Kier molecular flexibility index (Phi) is 4.80. The highest BCUT2D eigenvalue weighted by Crippen LogP contribution is 2.21. The van der Waals surface area contributed by atoms with Gasteiger partial charge in [-0.15, -0.1) is 0 Å². The Balaban J connectivity index is 3.24. The SMILES string of the molecule is CCNc1ncc([N+](=O)[O-])cc1C(=O)N(C)C(C)C. The maximum atomic E-state index is 12.3. The lowest BCUT2D eigenvalue weighted by molar-refractivity contribution is -0.385. The average Bonchev–Trinajstić information content (AvgIpc) is 2.37. The minimum atomic E-state index is -0.561. The summed E-state index contributed by atoms with van der Waals surface area (Å²) in [6.07, 6.45) is 1.14. The third-order valence-corrected chi connectivity index (χ3v) is 2.75. The van der Waals surface area contributed by atoms with Gasteiger partial charge in [-0.1, -0.05) is 0 Å². The Morgan fingerprint density at radius 3 is 2.68 bits per heavy atom. The van der Waals surface area contributed by atoms with E-state index in [-0.39, 0.29) is 23.2 Å². The fraction of sp³-hybridized carbons (Fsp3) is 0.500. The first-order valence-electron chi connectivity index (χ1n) is 6.04. The van der Waals surface area contributed by atoms with E-state index in [0.717, 1.165) is 6.20 Å². The summed E-state index contributed by atoms with van der Waals surface area (Å²) in [6.45, 7) is 6.19. The van der Waals surface area contributed by atoms with Gasteiger partial charge in [0.25, 0.3) is 11.6 Å². The average molecular weight is 266 g/mol. The van der Waals surface area contributed by atoms with Crippen LogP contribution < -0.4 is 5.32 Å². The molecule has 7 nitrogen and oxygen atoms in total. The van der Waals surface area contributed by atoms with Gasteiger partial charge in [-0.05, 0) is 20.8 Å². The first kappa shape index (κ1) is 14.9. The molecule has 0 aliphatic heterocycles. The van der Waals surface area contributed by atoms with Crippen LogP contribution in [0.4, 0.5) is 11.5 Å². The predicted octanol–water partition coefficient (Wildman–Crippen LogP) is 1.90. The van der Waals surface area contributed by atoms with Crippen LogP contribution in [0, 0.1) is 10.1 Å². The molecule has 1 rings (SSSR count). The molecule has 0 radical (unpaired) electrons. The van der Waals surface area contributed by atoms with Gasteiger partial charge in [0, 0.05) is 25.7 Å². The molecule has 0 fully saturated rings. The van der Waals surface area contributed by atoms with Gasteiger partial charge in [0.1, 0.15) is 12.0 Å². The van der Waals surface area contributed by atoms with E-state index in [0.29, 0.717) is 12.4 Å². The van der Waals surface area contributed by atoms with E-state index in [1.54, 1.807) is 7.05 Å². The van der Waals surface area contributed by atoms with Gasteiger partial charge in [-0.2, -0.15) is 0 Å². The summed E-state index contributed by atoms with van der Waals surface area (Å²) in [5.74, 6) is 0.0766. The summed E-state index contributed by atoms with van der Waals surface area (Å²) in [4.78, 5) is 28.0. The summed E-state index contributed by atoms with van der Waals surface area (Å²) in [6, 6.07) is 1.26. The van der Waals surface area contributed by atoms with Gasteiger partial charge in [0.05, 0.1) is 10.5 Å². The minimum Gasteiger partial charge on any atom is -0.370 e. The molecule has 1 amide bonds. The fourth-order valence-electron chi connectivity index (χ4n) is 1.45. The lowest BCUT2D eigenvalue weighted by Crippen LogP contribution is -2.33. The molecule has 0 atom stereocenters. The Bertz CT molecular complexity index is 488. The van der Waals surface area contributed by atoms with E-state index in [9.17, 15) is 14.9 Å². The van der Waals surface area contributed by atoms with Crippen molar-refractivity contribution in [3.63, 3.8) is 0 Å². The second kappa shape index (κ2) is 6.12. The molecule has 1 aromatic heterocycles. The van der Waals surface area contributed by atoms with E-state index in [2.05, 4.69) is 10.3 Å². The number of carbonyl (C=O) groups excluding carboxylic acids is 1. The lowest BCUT2D eigenvalue weighted by Gasteiger charge is -2.22. The number of hydrogen-bond acceptors (Lipinski definition) is 5. The smallest absolute Gasteiger partial charge is 0.288 e. The Morgan fingerprint density at radius 2 is 2.21 bits per heavy atom. The number of nitro groups is 1. The maximum Gasteiger partial charge on any atom is 0.288 e. The van der Waals surface area contributed by atoms with E-state index in [1.807, 2.05) is 20.8 Å². The lowest BCUT2D eigenvalue weighted by atomic mass is 10.2. The van der Waals surface area contributed by atoms with Crippen LogP contribution in [0.5, 0.6) is 0 Å². The van der Waals surface area contributed by atoms with Gasteiger partial charge in [-0.3, -0.25) is 14.9 Å². The number of rotatable bonds is 5. The second-order valence-electron chi connectivity index (χ2n) is 4.39. The van der Waals surface area contributed by atoms with Crippen molar-refractivity contribution in [2.75, 3.05) is 18.9 Å². The molecular formula is C12H18N4O3. The van der Waals surface area contributed by atoms with Crippen LogP contribution in [-0.2, 0) is 0 Å². The highest BCUT2D eigenvalue weighted by molar-refractivity contribution is 5.99. The number of hydrogen-bond donors (Lipinski definition) is 1. The molecule has 0 spiro atoms. The van der Waals surface area contributed by atoms with Crippen LogP contribution in [0.2, 0.25) is 0 Å². The molecular weight excluding hydrogens is 248 g/mol. The van der Waals surface area contributed by atoms with Crippen molar-refractivity contribution in [3.8, 4) is 0 Å². The van der Waals surface area contributed by atoms with Crippen LogP contribution in [0.15, 0.2) is 12.3 Å². The zero-order valence-corrected chi connectivity index (χ0v) is 11.5. The Hall–Kier alpha value is -2.18. The van der Waals surface area contributed by atoms with Crippen molar-refractivity contribution in [1.82, 2.24) is 9.88 Å². The predicted molar refractivity (Wildman–Crippen MR) is 72.3 cm³/mol. The molecule has 0 saturated carbocycles. The van der Waals surface area contributed by atoms with Crippen LogP contribution in [0.1, 0.15) is 31.1 Å². The summed E-state index contributed by atoms with van der Waals surface area (Å²) in [5.41, 5.74) is 0.0226. The first-order valence-corrected chi connectivity index (χ1v) is 6.04. The van der Waals surface area contributed by atoms with E-state index in [4.69, 9.17) is 0 Å². The van der Waals surface area contributed by atoms with Gasteiger partial charge in [0.15, 0.2) is 0 Å². The molecule has 7 heteroatoms. The number of carbonyl (C=O) groups is 1. The monoisotopic (exact) mass is 266 g/mol. The number of nitrogens with zero attached hydrogens (tertiary/aromatic N) is 3. The standard InChI is InChI=1S/C12H18N4O3/c1-5-13-11-10(12(17)15(4)8(2)3)6-9(7-14-11)16(18)19/h6-8H,5H2,1-4H3,(H,13,14). The zero-order valence-electron chi connectivity index (χ0n) is 11.5. The van der Waals surface area contributed by atoms with Crippen LogP contribution >= 0.6 is 0 Å². The molecule has 0 aliphatic rings. The summed E-state index contributed by atoms with van der Waals surface area (Å²) in [5, 5.41) is 13.7. The topological polar surface area (TPSA) is 88.4 Å². The normalized spacial score (nSPS) is 10.4. The molecule has 0 aliphatic carbocycles. The Labute approximate surface area is 111 Å². The molecule has 1 aromatic rings. The molecule has 104 valence electrons. The van der Waals surface area contributed by atoms with E-state index < -0.39 is 4.92 Å². The third-order valence-electron chi connectivity index (χ3n) is 2.75. The molecule has 0 bridgehead atoms. The highest BCUT2D eigenvalue weighted by Gasteiger charge is 2.22. The Morgan fingerprint density at radius 1 is 1.58 bits per heavy atom. The van der Waals surface area contributed by atoms with Gasteiger partial charge < -0.3 is 10.2 Å². The summed E-state index contributed by atoms with van der Waals surface area (Å²) in [7, 11) is 1.65. The fourth-order valence-corrected chi connectivity index (χ4v) is 1.45. The van der Waals surface area contributed by atoms with Crippen molar-refractivity contribution < 1.29 is 9.72 Å². The molecule has 1 heterocycles. The summed E-state index contributed by atoms with van der Waals surface area (Å²) < 4.78 is 0. The van der Waals surface area contributed by atoms with Gasteiger partial charge >= 0.3 is 0 Å². The molecule has 0 unspecified atom stereocenters.